The van der Waals surface area contributed by atoms with Crippen molar-refractivity contribution in [1.29, 1.82) is 0 Å². The number of methoxy groups -OCH3 is 1. The van der Waals surface area contributed by atoms with Crippen molar-refractivity contribution in [2.75, 3.05) is 20.2 Å². The molecule has 4 nitrogen and oxygen atoms in total. The standard InChI is InChI=1S/C12H24N2O2/c1-9-8-14(10(2)7-13-9)12(15)6-5-11(3)16-4/h9-11,13H,5-8H2,1-4H3. The Kier molecular flexibility index (Phi) is 5.22. The van der Waals surface area contributed by atoms with Crippen molar-refractivity contribution < 1.29 is 9.53 Å². The smallest absolute Gasteiger partial charge is 0.223 e. The Morgan fingerprint density at radius 1 is 1.56 bits per heavy atom. The quantitative estimate of drug-likeness (QED) is 0.781. The van der Waals surface area contributed by atoms with E-state index in [0.717, 1.165) is 19.5 Å². The molecule has 94 valence electrons. The van der Waals surface area contributed by atoms with Crippen LogP contribution in [0, 0.1) is 0 Å². The summed E-state index contributed by atoms with van der Waals surface area (Å²) in [5.41, 5.74) is 0. The van der Waals surface area contributed by atoms with E-state index in [1.165, 1.54) is 0 Å². The van der Waals surface area contributed by atoms with Gasteiger partial charge in [0, 0.05) is 38.7 Å². The molecular formula is C12H24N2O2. The second-order valence-corrected chi connectivity index (χ2v) is 4.79. The zero-order valence-corrected chi connectivity index (χ0v) is 10.8. The van der Waals surface area contributed by atoms with Crippen LogP contribution in [0.1, 0.15) is 33.6 Å². The van der Waals surface area contributed by atoms with Crippen LogP contribution in [0.2, 0.25) is 0 Å². The van der Waals surface area contributed by atoms with E-state index in [0.29, 0.717) is 18.5 Å². The van der Waals surface area contributed by atoms with Crippen molar-refractivity contribution in [3.63, 3.8) is 0 Å². The van der Waals surface area contributed by atoms with Crippen LogP contribution in [-0.4, -0.2) is 49.2 Å². The number of hydrogen-bond acceptors (Lipinski definition) is 3. The summed E-state index contributed by atoms with van der Waals surface area (Å²) in [5, 5.41) is 3.37. The molecule has 0 radical (unpaired) electrons. The minimum Gasteiger partial charge on any atom is -0.382 e. The highest BCUT2D eigenvalue weighted by atomic mass is 16.5. The minimum absolute atomic E-state index is 0.166. The van der Waals surface area contributed by atoms with Gasteiger partial charge in [-0.1, -0.05) is 0 Å². The molecule has 0 spiro atoms. The molecule has 1 fully saturated rings. The van der Waals surface area contributed by atoms with E-state index >= 15 is 0 Å². The number of carbonyl (C=O) groups is 1. The SMILES string of the molecule is COC(C)CCC(=O)N1CC(C)NCC1C. The molecule has 3 atom stereocenters. The maximum absolute atomic E-state index is 12.0. The van der Waals surface area contributed by atoms with Gasteiger partial charge in [-0.15, -0.1) is 0 Å². The molecule has 1 amide bonds. The highest BCUT2D eigenvalue weighted by Gasteiger charge is 2.26. The first kappa shape index (κ1) is 13.5. The van der Waals surface area contributed by atoms with Crippen molar-refractivity contribution in [1.82, 2.24) is 10.2 Å². The summed E-state index contributed by atoms with van der Waals surface area (Å²) in [6.07, 6.45) is 1.56. The fourth-order valence-electron chi connectivity index (χ4n) is 1.96. The number of carbonyl (C=O) groups excluding carboxylic acids is 1. The van der Waals surface area contributed by atoms with E-state index in [9.17, 15) is 4.79 Å². The summed E-state index contributed by atoms with van der Waals surface area (Å²) in [7, 11) is 1.69. The van der Waals surface area contributed by atoms with Crippen molar-refractivity contribution in [2.45, 2.75) is 51.8 Å². The molecule has 0 bridgehead atoms. The van der Waals surface area contributed by atoms with E-state index in [-0.39, 0.29) is 12.0 Å². The van der Waals surface area contributed by atoms with Crippen LogP contribution in [0.15, 0.2) is 0 Å². The van der Waals surface area contributed by atoms with E-state index < -0.39 is 0 Å². The van der Waals surface area contributed by atoms with Gasteiger partial charge in [0.05, 0.1) is 6.10 Å². The van der Waals surface area contributed by atoms with Crippen LogP contribution < -0.4 is 5.32 Å². The molecule has 1 heterocycles. The zero-order chi connectivity index (χ0) is 12.1. The third-order valence-corrected chi connectivity index (χ3v) is 3.25. The molecule has 0 saturated carbocycles. The molecule has 3 unspecified atom stereocenters. The number of rotatable bonds is 4. The van der Waals surface area contributed by atoms with Gasteiger partial charge < -0.3 is 15.0 Å². The van der Waals surface area contributed by atoms with Gasteiger partial charge in [0.25, 0.3) is 0 Å². The number of ether oxygens (including phenoxy) is 1. The molecule has 4 heteroatoms. The number of piperazine rings is 1. The monoisotopic (exact) mass is 228 g/mol. The Morgan fingerprint density at radius 2 is 2.25 bits per heavy atom. The van der Waals surface area contributed by atoms with Gasteiger partial charge in [-0.25, -0.2) is 0 Å². The van der Waals surface area contributed by atoms with E-state index in [2.05, 4.69) is 19.2 Å². The van der Waals surface area contributed by atoms with Crippen molar-refractivity contribution >= 4 is 5.91 Å². The van der Waals surface area contributed by atoms with Crippen LogP contribution in [0.3, 0.4) is 0 Å². The lowest BCUT2D eigenvalue weighted by atomic mass is 10.1. The van der Waals surface area contributed by atoms with E-state index in [1.807, 2.05) is 11.8 Å². The number of nitrogens with zero attached hydrogens (tertiary/aromatic N) is 1. The molecule has 1 N–H and O–H groups in total. The summed E-state index contributed by atoms with van der Waals surface area (Å²) in [5.74, 6) is 0.254. The van der Waals surface area contributed by atoms with Gasteiger partial charge in [0.1, 0.15) is 0 Å². The third kappa shape index (κ3) is 3.76. The van der Waals surface area contributed by atoms with E-state index in [1.54, 1.807) is 7.11 Å². The van der Waals surface area contributed by atoms with Crippen LogP contribution >= 0.6 is 0 Å². The Hall–Kier alpha value is -0.610. The molecule has 1 aliphatic heterocycles. The molecule has 0 aromatic heterocycles. The van der Waals surface area contributed by atoms with Gasteiger partial charge in [-0.3, -0.25) is 4.79 Å². The van der Waals surface area contributed by atoms with Crippen molar-refractivity contribution in [2.24, 2.45) is 0 Å². The third-order valence-electron chi connectivity index (χ3n) is 3.25. The van der Waals surface area contributed by atoms with Crippen LogP contribution in [0.4, 0.5) is 0 Å². The van der Waals surface area contributed by atoms with Crippen LogP contribution in [0.5, 0.6) is 0 Å². The molecule has 0 aliphatic carbocycles. The highest BCUT2D eigenvalue weighted by Crippen LogP contribution is 2.11. The Morgan fingerprint density at radius 3 is 2.88 bits per heavy atom. The topological polar surface area (TPSA) is 41.6 Å². The summed E-state index contributed by atoms with van der Waals surface area (Å²) < 4.78 is 5.15. The lowest BCUT2D eigenvalue weighted by Crippen LogP contribution is -2.56. The Balaban J connectivity index is 2.39. The highest BCUT2D eigenvalue weighted by molar-refractivity contribution is 5.76. The predicted molar refractivity (Wildman–Crippen MR) is 64.3 cm³/mol. The Bertz CT molecular complexity index is 233. The van der Waals surface area contributed by atoms with Gasteiger partial charge in [0.15, 0.2) is 0 Å². The van der Waals surface area contributed by atoms with Gasteiger partial charge >= 0.3 is 0 Å². The first-order valence-corrected chi connectivity index (χ1v) is 6.10. The second kappa shape index (κ2) is 6.21. The second-order valence-electron chi connectivity index (χ2n) is 4.79. The molecule has 1 saturated heterocycles. The summed E-state index contributed by atoms with van der Waals surface area (Å²) in [6.45, 7) is 7.92. The molecule has 0 aromatic rings. The average Bonchev–Trinajstić information content (AvgIpc) is 2.28. The zero-order valence-electron chi connectivity index (χ0n) is 10.8. The maximum atomic E-state index is 12.0. The lowest BCUT2D eigenvalue weighted by molar-refractivity contribution is -0.135. The first-order chi connectivity index (χ1) is 7.54. The van der Waals surface area contributed by atoms with Gasteiger partial charge in [-0.05, 0) is 27.2 Å². The Labute approximate surface area is 98.3 Å². The van der Waals surface area contributed by atoms with Gasteiger partial charge in [0.2, 0.25) is 5.91 Å². The molecule has 0 aromatic carbocycles. The van der Waals surface area contributed by atoms with E-state index in [4.69, 9.17) is 4.74 Å². The van der Waals surface area contributed by atoms with Crippen LogP contribution in [-0.2, 0) is 9.53 Å². The van der Waals surface area contributed by atoms with Crippen molar-refractivity contribution in [3.8, 4) is 0 Å². The fraction of sp³-hybridized carbons (Fsp3) is 0.917. The summed E-state index contributed by atoms with van der Waals surface area (Å²) >= 11 is 0. The molecule has 16 heavy (non-hydrogen) atoms. The largest absolute Gasteiger partial charge is 0.382 e. The molecular weight excluding hydrogens is 204 g/mol. The molecule has 1 aliphatic rings. The average molecular weight is 228 g/mol. The van der Waals surface area contributed by atoms with Crippen LogP contribution in [0.25, 0.3) is 0 Å². The predicted octanol–water partition coefficient (Wildman–Crippen LogP) is 1.01. The van der Waals surface area contributed by atoms with Gasteiger partial charge in [-0.2, -0.15) is 0 Å². The number of nitrogens with one attached hydrogen (secondary N) is 1. The summed E-state index contributed by atoms with van der Waals surface area (Å²) in [4.78, 5) is 14.0. The maximum Gasteiger partial charge on any atom is 0.223 e. The number of amides is 1. The first-order valence-electron chi connectivity index (χ1n) is 6.10. The summed E-state index contributed by atoms with van der Waals surface area (Å²) in [6, 6.07) is 0.710. The number of hydrogen-bond donors (Lipinski definition) is 1. The lowest BCUT2D eigenvalue weighted by Gasteiger charge is -2.37. The minimum atomic E-state index is 0.166. The molecule has 1 rings (SSSR count). The van der Waals surface area contributed by atoms with Crippen molar-refractivity contribution in [3.05, 3.63) is 0 Å². The normalized spacial score (nSPS) is 27.9. The fourth-order valence-corrected chi connectivity index (χ4v) is 1.96.